The zero-order chi connectivity index (χ0) is 32.0. The standard InChI is InChI=1S/C25H32F2N2.C4H8.2C4H10/c1-7-19-12-11-14-22(25(6,26)27)20(19)13-9-10-15-24-28-18(5)21(16-17(3)4)23(8-2)29-24;1-4(2)3;2*1-3-4-2/h8,11-12,14,16H,3,7,9-10,13,15H2,1-2,4-6H3;1H2,2-3H3;2*3-4H2,1-2H3/b21-16-,23-8+;;;. The highest BCUT2D eigenvalue weighted by molar-refractivity contribution is 5.45. The Labute approximate surface area is 251 Å². The summed E-state index contributed by atoms with van der Waals surface area (Å²) in [6.45, 7) is 29.1. The molecule has 1 aromatic carbocycles. The molecule has 2 rings (SSSR count). The summed E-state index contributed by atoms with van der Waals surface area (Å²) in [6.07, 6.45) is 13.1. The van der Waals surface area contributed by atoms with Crippen LogP contribution in [0.25, 0.3) is 12.2 Å². The average molecular weight is 571 g/mol. The van der Waals surface area contributed by atoms with Crippen molar-refractivity contribution in [1.29, 1.82) is 0 Å². The molecule has 0 N–H and O–H groups in total. The second-order valence-electron chi connectivity index (χ2n) is 10.9. The van der Waals surface area contributed by atoms with Crippen LogP contribution in [-0.2, 0) is 25.2 Å². The fourth-order valence-electron chi connectivity index (χ4n) is 3.68. The van der Waals surface area contributed by atoms with Crippen LogP contribution in [0.2, 0.25) is 0 Å². The molecule has 2 aromatic rings. The number of rotatable bonds is 10. The third-order valence-corrected chi connectivity index (χ3v) is 6.08. The van der Waals surface area contributed by atoms with E-state index in [1.807, 2.05) is 59.8 Å². The molecular weight excluding hydrogens is 510 g/mol. The van der Waals surface area contributed by atoms with Crippen LogP contribution in [0.15, 0.2) is 42.5 Å². The Morgan fingerprint density at radius 3 is 1.80 bits per heavy atom. The number of benzene rings is 1. The molecular formula is C37H60F2N2. The van der Waals surface area contributed by atoms with Crippen molar-refractivity contribution in [3.63, 3.8) is 0 Å². The van der Waals surface area contributed by atoms with E-state index < -0.39 is 5.92 Å². The molecule has 232 valence electrons. The van der Waals surface area contributed by atoms with Gasteiger partial charge in [0.1, 0.15) is 5.82 Å². The van der Waals surface area contributed by atoms with Crippen molar-refractivity contribution in [2.75, 3.05) is 0 Å². The van der Waals surface area contributed by atoms with E-state index >= 15 is 0 Å². The number of nitrogens with zero attached hydrogens (tertiary/aromatic N) is 2. The highest BCUT2D eigenvalue weighted by Crippen LogP contribution is 2.32. The van der Waals surface area contributed by atoms with E-state index in [1.165, 1.54) is 31.3 Å². The number of aryl methyl sites for hydroxylation is 3. The number of alkyl halides is 2. The summed E-state index contributed by atoms with van der Waals surface area (Å²) in [5.74, 6) is -2.01. The van der Waals surface area contributed by atoms with Gasteiger partial charge in [-0.15, -0.1) is 6.58 Å². The number of hydrogen-bond donors (Lipinski definition) is 0. The molecule has 0 bridgehead atoms. The van der Waals surface area contributed by atoms with Crippen LogP contribution in [0, 0.1) is 6.92 Å². The van der Waals surface area contributed by atoms with Gasteiger partial charge in [-0.25, -0.2) is 18.7 Å². The van der Waals surface area contributed by atoms with Crippen LogP contribution < -0.4 is 10.6 Å². The van der Waals surface area contributed by atoms with Gasteiger partial charge in [0.2, 0.25) is 0 Å². The van der Waals surface area contributed by atoms with Crippen molar-refractivity contribution < 1.29 is 8.78 Å². The van der Waals surface area contributed by atoms with Gasteiger partial charge in [-0.3, -0.25) is 0 Å². The van der Waals surface area contributed by atoms with E-state index in [-0.39, 0.29) is 5.56 Å². The van der Waals surface area contributed by atoms with Gasteiger partial charge in [0.25, 0.3) is 5.92 Å². The molecule has 41 heavy (non-hydrogen) atoms. The van der Waals surface area contributed by atoms with Crippen molar-refractivity contribution >= 4 is 12.2 Å². The van der Waals surface area contributed by atoms with Gasteiger partial charge in [0, 0.05) is 29.8 Å². The summed E-state index contributed by atoms with van der Waals surface area (Å²) in [7, 11) is 0. The lowest BCUT2D eigenvalue weighted by atomic mass is 9.92. The Kier molecular flexibility index (Phi) is 22.7. The molecule has 0 saturated heterocycles. The minimum absolute atomic E-state index is 0.159. The normalized spacial score (nSPS) is 11.4. The van der Waals surface area contributed by atoms with Crippen molar-refractivity contribution in [3.05, 3.63) is 81.3 Å². The van der Waals surface area contributed by atoms with Crippen LogP contribution in [0.3, 0.4) is 0 Å². The minimum atomic E-state index is -2.82. The smallest absolute Gasteiger partial charge is 0.238 e. The van der Waals surface area contributed by atoms with Gasteiger partial charge in [-0.05, 0) is 77.5 Å². The Hall–Kier alpha value is -2.62. The Morgan fingerprint density at radius 2 is 1.39 bits per heavy atom. The first kappa shape index (κ1) is 40.5. The molecule has 0 aliphatic carbocycles. The molecule has 0 radical (unpaired) electrons. The number of unbranched alkanes of at least 4 members (excludes halogenated alkanes) is 3. The van der Waals surface area contributed by atoms with Gasteiger partial charge in [-0.1, -0.05) is 102 Å². The number of hydrogen-bond acceptors (Lipinski definition) is 2. The third-order valence-electron chi connectivity index (χ3n) is 6.08. The minimum Gasteiger partial charge on any atom is -0.238 e. The summed E-state index contributed by atoms with van der Waals surface area (Å²) in [4.78, 5) is 9.33. The molecule has 1 heterocycles. The molecule has 4 heteroatoms. The quantitative estimate of drug-likeness (QED) is 0.210. The van der Waals surface area contributed by atoms with Gasteiger partial charge in [0.05, 0.1) is 5.35 Å². The van der Waals surface area contributed by atoms with E-state index in [9.17, 15) is 8.78 Å². The second kappa shape index (κ2) is 23.0. The second-order valence-corrected chi connectivity index (χ2v) is 10.9. The van der Waals surface area contributed by atoms with Crippen LogP contribution in [0.1, 0.15) is 136 Å². The number of allylic oxidation sites excluding steroid dienone is 2. The molecule has 0 aliphatic heterocycles. The Morgan fingerprint density at radius 1 is 0.878 bits per heavy atom. The first-order valence-electron chi connectivity index (χ1n) is 15.5. The Balaban J connectivity index is 0. The number of aromatic nitrogens is 2. The average Bonchev–Trinajstić information content (AvgIpc) is 2.91. The molecule has 1 aromatic heterocycles. The predicted octanol–water partition coefficient (Wildman–Crippen LogP) is 10.4. The highest BCUT2D eigenvalue weighted by Gasteiger charge is 2.28. The first-order chi connectivity index (χ1) is 19.2. The fourth-order valence-corrected chi connectivity index (χ4v) is 3.68. The maximum Gasteiger partial charge on any atom is 0.270 e. The Bertz CT molecular complexity index is 1130. The highest BCUT2D eigenvalue weighted by atomic mass is 19.3. The van der Waals surface area contributed by atoms with Crippen molar-refractivity contribution in [2.45, 2.75) is 140 Å². The van der Waals surface area contributed by atoms with E-state index in [2.05, 4.69) is 50.8 Å². The lowest BCUT2D eigenvalue weighted by Gasteiger charge is -2.19. The lowest BCUT2D eigenvalue weighted by molar-refractivity contribution is 0.0164. The maximum absolute atomic E-state index is 14.0. The van der Waals surface area contributed by atoms with Crippen molar-refractivity contribution in [2.24, 2.45) is 0 Å². The maximum atomic E-state index is 14.0. The first-order valence-corrected chi connectivity index (χ1v) is 15.5. The summed E-state index contributed by atoms with van der Waals surface area (Å²) in [6, 6.07) is 5.25. The summed E-state index contributed by atoms with van der Waals surface area (Å²) in [5, 5.41) is 1.93. The lowest BCUT2D eigenvalue weighted by Crippen LogP contribution is -2.33. The third kappa shape index (κ3) is 18.4. The van der Waals surface area contributed by atoms with E-state index in [0.29, 0.717) is 6.42 Å². The van der Waals surface area contributed by atoms with Crippen molar-refractivity contribution in [3.8, 4) is 0 Å². The monoisotopic (exact) mass is 570 g/mol. The number of halogens is 2. The van der Waals surface area contributed by atoms with Gasteiger partial charge >= 0.3 is 0 Å². The van der Waals surface area contributed by atoms with E-state index in [1.54, 1.807) is 12.1 Å². The SMILES string of the molecule is C=C(C)/C=c1/c(C)nc(CCCCc2c(CC)cccc2C(C)(F)F)n/c1=C/C.C=C(C)C.CCCC.CCCC. The van der Waals surface area contributed by atoms with Gasteiger partial charge in [0.15, 0.2) is 0 Å². The summed E-state index contributed by atoms with van der Waals surface area (Å²) >= 11 is 0. The zero-order valence-corrected chi connectivity index (χ0v) is 28.3. The van der Waals surface area contributed by atoms with Crippen LogP contribution in [0.5, 0.6) is 0 Å². The molecule has 0 amide bonds. The van der Waals surface area contributed by atoms with Crippen LogP contribution in [0.4, 0.5) is 8.78 Å². The topological polar surface area (TPSA) is 25.8 Å². The molecule has 0 aliphatic rings. The van der Waals surface area contributed by atoms with E-state index in [0.717, 1.165) is 71.4 Å². The predicted molar refractivity (Wildman–Crippen MR) is 179 cm³/mol. The molecule has 2 nitrogen and oxygen atoms in total. The largest absolute Gasteiger partial charge is 0.270 e. The molecule has 0 atom stereocenters. The fraction of sp³-hybridized carbons (Fsp3) is 0.568. The van der Waals surface area contributed by atoms with Crippen LogP contribution >= 0.6 is 0 Å². The zero-order valence-electron chi connectivity index (χ0n) is 28.3. The van der Waals surface area contributed by atoms with Crippen LogP contribution in [-0.4, -0.2) is 9.97 Å². The van der Waals surface area contributed by atoms with Gasteiger partial charge in [-0.2, -0.15) is 0 Å². The van der Waals surface area contributed by atoms with E-state index in [4.69, 9.17) is 0 Å². The summed E-state index contributed by atoms with van der Waals surface area (Å²) in [5.41, 5.74) is 5.04. The summed E-state index contributed by atoms with van der Waals surface area (Å²) < 4.78 is 28.1. The van der Waals surface area contributed by atoms with Gasteiger partial charge < -0.3 is 0 Å². The molecule has 0 spiro atoms. The molecule has 0 saturated carbocycles. The molecule has 0 unspecified atom stereocenters. The molecule has 0 fully saturated rings. The van der Waals surface area contributed by atoms with Crippen molar-refractivity contribution in [1.82, 2.24) is 9.97 Å².